The summed E-state index contributed by atoms with van der Waals surface area (Å²) in [5, 5.41) is 1.86. The first kappa shape index (κ1) is 45.5. The SMILES string of the molecule is CCCCCCO[C@@H](C)c1cccc(-c2csc(N(C(=O)c3cc(Cl)c(/C=C(\C)C(=O)OC)c(Cl)c3)C(=O)c3cc(Cl)c(/C(C)=C/C(=O)OC)c(Cl)c3)n2)c1OC. The Labute approximate surface area is 356 Å². The van der Waals surface area contributed by atoms with E-state index in [4.69, 9.17) is 70.3 Å². The van der Waals surface area contributed by atoms with Gasteiger partial charge in [-0.3, -0.25) is 9.59 Å². The Kier molecular flexibility index (Phi) is 16.7. The van der Waals surface area contributed by atoms with E-state index in [9.17, 15) is 19.2 Å². The van der Waals surface area contributed by atoms with E-state index in [1.165, 1.54) is 57.6 Å². The lowest BCUT2D eigenvalue weighted by molar-refractivity contribution is -0.136. The van der Waals surface area contributed by atoms with Crippen LogP contribution in [0.2, 0.25) is 20.1 Å². The van der Waals surface area contributed by atoms with Gasteiger partial charge in [0.05, 0.1) is 53.2 Å². The van der Waals surface area contributed by atoms with Gasteiger partial charge in [0, 0.05) is 57.0 Å². The van der Waals surface area contributed by atoms with Gasteiger partial charge < -0.3 is 18.9 Å². The van der Waals surface area contributed by atoms with Crippen LogP contribution in [0.15, 0.2) is 59.5 Å². The van der Waals surface area contributed by atoms with Gasteiger partial charge in [-0.2, -0.15) is 0 Å². The Morgan fingerprint density at radius 3 is 2.04 bits per heavy atom. The molecule has 15 heteroatoms. The Bertz CT molecular complexity index is 2170. The molecule has 0 aliphatic rings. The van der Waals surface area contributed by atoms with Gasteiger partial charge in [-0.25, -0.2) is 19.5 Å². The van der Waals surface area contributed by atoms with Crippen LogP contribution in [0.4, 0.5) is 5.13 Å². The monoisotopic (exact) mass is 874 g/mol. The molecule has 0 unspecified atom stereocenters. The van der Waals surface area contributed by atoms with Crippen LogP contribution < -0.4 is 9.64 Å². The lowest BCUT2D eigenvalue weighted by Crippen LogP contribution is -2.37. The number of amides is 2. The highest BCUT2D eigenvalue weighted by molar-refractivity contribution is 7.14. The van der Waals surface area contributed by atoms with Crippen molar-refractivity contribution in [1.29, 1.82) is 0 Å². The maximum absolute atomic E-state index is 14.5. The number of hydrogen-bond donors (Lipinski definition) is 0. The van der Waals surface area contributed by atoms with Crippen LogP contribution in [0.25, 0.3) is 22.9 Å². The number of benzene rings is 3. The molecule has 3 aromatic carbocycles. The summed E-state index contributed by atoms with van der Waals surface area (Å²) in [4.78, 5) is 58.7. The van der Waals surface area contributed by atoms with E-state index in [0.717, 1.165) is 47.5 Å². The second-order valence-electron chi connectivity index (χ2n) is 12.8. The number of para-hydroxylation sites is 1. The van der Waals surface area contributed by atoms with Crippen molar-refractivity contribution in [2.45, 2.75) is 59.5 Å². The molecule has 0 spiro atoms. The zero-order chi connectivity index (χ0) is 42.0. The molecule has 0 radical (unpaired) electrons. The van der Waals surface area contributed by atoms with Crippen molar-refractivity contribution in [2.75, 3.05) is 32.8 Å². The number of anilines is 1. The van der Waals surface area contributed by atoms with Crippen molar-refractivity contribution >= 4 is 98.3 Å². The van der Waals surface area contributed by atoms with Crippen LogP contribution >= 0.6 is 57.7 Å². The molecule has 302 valence electrons. The second-order valence-corrected chi connectivity index (χ2v) is 15.3. The Morgan fingerprint density at radius 2 is 1.47 bits per heavy atom. The summed E-state index contributed by atoms with van der Waals surface area (Å²) in [5.41, 5.74) is 2.91. The normalized spacial score (nSPS) is 12.3. The van der Waals surface area contributed by atoms with Crippen LogP contribution in [-0.2, 0) is 23.8 Å². The van der Waals surface area contributed by atoms with Gasteiger partial charge in [0.25, 0.3) is 11.8 Å². The largest absolute Gasteiger partial charge is 0.496 e. The molecular formula is C42H42Cl4N2O8S. The van der Waals surface area contributed by atoms with Crippen molar-refractivity contribution in [1.82, 2.24) is 4.98 Å². The second kappa shape index (κ2) is 21.0. The molecule has 1 heterocycles. The summed E-state index contributed by atoms with van der Waals surface area (Å²) in [6, 6.07) is 11.0. The molecule has 1 aromatic heterocycles. The first-order chi connectivity index (χ1) is 27.2. The van der Waals surface area contributed by atoms with Crippen LogP contribution in [0.1, 0.15) is 96.9 Å². The van der Waals surface area contributed by atoms with Crippen molar-refractivity contribution in [2.24, 2.45) is 0 Å². The van der Waals surface area contributed by atoms with Crippen molar-refractivity contribution in [3.63, 3.8) is 0 Å². The van der Waals surface area contributed by atoms with Gasteiger partial charge in [0.15, 0.2) is 5.13 Å². The summed E-state index contributed by atoms with van der Waals surface area (Å²) in [5.74, 6) is -2.33. The van der Waals surface area contributed by atoms with Crippen molar-refractivity contribution in [3.8, 4) is 17.0 Å². The number of imide groups is 1. The molecule has 0 N–H and O–H groups in total. The summed E-state index contributed by atoms with van der Waals surface area (Å²) in [7, 11) is 4.03. The molecule has 10 nitrogen and oxygen atoms in total. The molecule has 0 aliphatic carbocycles. The number of aromatic nitrogens is 1. The Balaban J connectivity index is 1.83. The van der Waals surface area contributed by atoms with Gasteiger partial charge in [0.2, 0.25) is 0 Å². The topological polar surface area (TPSA) is 121 Å². The minimum Gasteiger partial charge on any atom is -0.496 e. The van der Waals surface area contributed by atoms with E-state index in [1.807, 2.05) is 25.1 Å². The smallest absolute Gasteiger partial charge is 0.333 e. The molecule has 0 bridgehead atoms. The van der Waals surface area contributed by atoms with Crippen molar-refractivity contribution < 1.29 is 38.1 Å². The molecule has 4 rings (SSSR count). The third-order valence-corrected chi connectivity index (χ3v) is 10.9. The van der Waals surface area contributed by atoms with Gasteiger partial charge in [-0.15, -0.1) is 11.3 Å². The summed E-state index contributed by atoms with van der Waals surface area (Å²) in [6.45, 7) is 7.85. The van der Waals surface area contributed by atoms with Crippen LogP contribution in [0, 0.1) is 0 Å². The summed E-state index contributed by atoms with van der Waals surface area (Å²) >= 11 is 27.6. The van der Waals surface area contributed by atoms with E-state index < -0.39 is 23.8 Å². The number of unbranched alkanes of at least 4 members (excludes halogenated alkanes) is 3. The summed E-state index contributed by atoms with van der Waals surface area (Å²) < 4.78 is 21.5. The lowest BCUT2D eigenvalue weighted by atomic mass is 10.0. The number of carbonyl (C=O) groups excluding carboxylic acids is 4. The number of nitrogens with zero attached hydrogens (tertiary/aromatic N) is 2. The van der Waals surface area contributed by atoms with E-state index in [-0.39, 0.29) is 53.6 Å². The number of rotatable bonds is 16. The Morgan fingerprint density at radius 1 is 0.860 bits per heavy atom. The maximum Gasteiger partial charge on any atom is 0.333 e. The fourth-order valence-corrected chi connectivity index (χ4v) is 8.06. The average Bonchev–Trinajstić information content (AvgIpc) is 3.67. The van der Waals surface area contributed by atoms with E-state index in [0.29, 0.717) is 34.8 Å². The van der Waals surface area contributed by atoms with Crippen LogP contribution in [0.5, 0.6) is 5.75 Å². The molecule has 0 aliphatic heterocycles. The zero-order valence-corrected chi connectivity index (χ0v) is 36.3. The highest BCUT2D eigenvalue weighted by atomic mass is 35.5. The highest BCUT2D eigenvalue weighted by Crippen LogP contribution is 2.40. The zero-order valence-electron chi connectivity index (χ0n) is 32.5. The number of ether oxygens (including phenoxy) is 4. The molecule has 1 atom stereocenters. The van der Waals surface area contributed by atoms with Gasteiger partial charge in [-0.1, -0.05) is 84.7 Å². The van der Waals surface area contributed by atoms with Gasteiger partial charge in [0.1, 0.15) is 5.75 Å². The fourth-order valence-electron chi connectivity index (χ4n) is 5.86. The van der Waals surface area contributed by atoms with Crippen LogP contribution in [-0.4, -0.2) is 56.7 Å². The quantitative estimate of drug-likeness (QED) is 0.0469. The number of methoxy groups -OCH3 is 3. The minimum absolute atomic E-state index is 0.00326. The van der Waals surface area contributed by atoms with E-state index >= 15 is 0 Å². The first-order valence-electron chi connectivity index (χ1n) is 17.8. The highest BCUT2D eigenvalue weighted by Gasteiger charge is 2.31. The molecule has 0 saturated carbocycles. The number of carbonyl (C=O) groups is 4. The number of allylic oxidation sites excluding steroid dienone is 1. The first-order valence-corrected chi connectivity index (χ1v) is 20.2. The lowest BCUT2D eigenvalue weighted by Gasteiger charge is -2.20. The maximum atomic E-state index is 14.5. The van der Waals surface area contributed by atoms with E-state index in [2.05, 4.69) is 6.92 Å². The molecule has 2 amide bonds. The van der Waals surface area contributed by atoms with E-state index in [1.54, 1.807) is 19.4 Å². The standard InChI is InChI=1S/C42H42Cl4N2O8S/c1-8-9-10-11-15-56-25(4)28-13-12-14-29(38(28)54-6)35-22-57-42(47-35)48(39(50)26-18-31(43)30(32(44)19-26)16-24(3)41(52)55-7)40(51)27-20-33(45)37(34(46)21-27)23(2)17-36(49)53-5/h12-14,16-22,25H,8-11,15H2,1-7H3/b23-17+,24-16+/t25-/m0/s1. The molecule has 57 heavy (non-hydrogen) atoms. The number of esters is 2. The fraction of sp³-hybridized carbons (Fsp3) is 0.310. The summed E-state index contributed by atoms with van der Waals surface area (Å²) in [6.07, 6.45) is 6.66. The van der Waals surface area contributed by atoms with Crippen molar-refractivity contribution in [3.05, 3.63) is 107 Å². The molecule has 0 saturated heterocycles. The Hall–Kier alpha value is -4.23. The van der Waals surface area contributed by atoms with Gasteiger partial charge >= 0.3 is 11.9 Å². The van der Waals surface area contributed by atoms with Gasteiger partial charge in [-0.05, 0) is 69.2 Å². The molecule has 0 fully saturated rings. The number of hydrogen-bond acceptors (Lipinski definition) is 10. The third kappa shape index (κ3) is 11.0. The predicted molar refractivity (Wildman–Crippen MR) is 228 cm³/mol. The molecule has 4 aromatic rings. The minimum atomic E-state index is -0.825. The molecular weight excluding hydrogens is 834 g/mol. The predicted octanol–water partition coefficient (Wildman–Crippen LogP) is 11.7. The average molecular weight is 877 g/mol. The third-order valence-electron chi connectivity index (χ3n) is 8.83. The van der Waals surface area contributed by atoms with Crippen LogP contribution in [0.3, 0.4) is 0 Å². The number of halogens is 4. The number of thiazole rings is 1.